The minimum absolute atomic E-state index is 0. The second-order valence-electron chi connectivity index (χ2n) is 2.55. The number of hydrogen-bond donors (Lipinski definition) is 1. The van der Waals surface area contributed by atoms with Crippen LogP contribution in [-0.4, -0.2) is 16.9 Å². The van der Waals surface area contributed by atoms with Crippen LogP contribution < -0.4 is 51.4 Å². The summed E-state index contributed by atoms with van der Waals surface area (Å²) in [6, 6.07) is 7.17. The summed E-state index contributed by atoms with van der Waals surface area (Å²) in [5, 5.41) is 8.30. The average molecular weight is 295 g/mol. The third kappa shape index (κ3) is 5.75. The van der Waals surface area contributed by atoms with Gasteiger partial charge in [-0.25, -0.2) is 4.79 Å². The number of rotatable bonds is 3. The summed E-state index contributed by atoms with van der Waals surface area (Å²) in [7, 11) is 0. The number of carbonyl (C=O) groups excluding carboxylic acids is 1. The quantitative estimate of drug-likeness (QED) is 0.453. The van der Waals surface area contributed by atoms with E-state index in [-0.39, 0.29) is 52.8 Å². The van der Waals surface area contributed by atoms with Crippen LogP contribution in [0, 0.1) is 0 Å². The van der Waals surface area contributed by atoms with Crippen molar-refractivity contribution in [2.75, 3.05) is 0 Å². The molecule has 0 aliphatic heterocycles. The average Bonchev–Trinajstić information content (AvgIpc) is 2.16. The number of carbonyl (C=O) groups is 2. The molecule has 1 rings (SSSR count). The molecule has 0 aromatic heterocycles. The molecule has 0 heterocycles. The summed E-state index contributed by atoms with van der Waals surface area (Å²) in [4.78, 5) is 20.9. The van der Waals surface area contributed by atoms with Gasteiger partial charge < -0.3 is 6.53 Å². The second kappa shape index (κ2) is 7.48. The molecule has 0 radical (unpaired) electrons. The van der Waals surface area contributed by atoms with Crippen molar-refractivity contribution < 1.29 is 67.5 Å². The largest absolute Gasteiger partial charge is 1.00 e. The Hall–Kier alpha value is 0.216. The van der Waals surface area contributed by atoms with Gasteiger partial charge in [-0.05, 0) is 23.8 Å². The number of benzene rings is 1. The summed E-state index contributed by atoms with van der Waals surface area (Å²) in [5.74, 6) is -2.37. The third-order valence-electron chi connectivity index (χ3n) is 1.51. The fourth-order valence-electron chi connectivity index (χ4n) is 0.817. The van der Waals surface area contributed by atoms with Crippen molar-refractivity contribution in [2.45, 2.75) is 0 Å². The number of carboxylic acids is 1. The summed E-state index contributed by atoms with van der Waals surface area (Å²) in [6.45, 7) is 0. The predicted molar refractivity (Wildman–Crippen MR) is 56.9 cm³/mol. The van der Waals surface area contributed by atoms with Crippen LogP contribution in [0.4, 0.5) is 0 Å². The predicted octanol–water partition coefficient (Wildman–Crippen LogP) is -0.767. The van der Waals surface area contributed by atoms with Gasteiger partial charge in [0.2, 0.25) is 0 Å². The van der Waals surface area contributed by atoms with Crippen molar-refractivity contribution in [2.24, 2.45) is 0 Å². The van der Waals surface area contributed by atoms with Gasteiger partial charge in [-0.1, -0.05) is 34.1 Å². The Balaban J connectivity index is 0. The van der Waals surface area contributed by atoms with E-state index < -0.39 is 11.8 Å². The van der Waals surface area contributed by atoms with Gasteiger partial charge in [-0.15, -0.1) is 0 Å². The van der Waals surface area contributed by atoms with Crippen molar-refractivity contribution in [1.82, 2.24) is 0 Å². The molecule has 0 unspecified atom stereocenters. The Morgan fingerprint density at radius 2 is 1.80 bits per heavy atom. The number of aliphatic carboxylic acids is 1. The topological polar surface area (TPSA) is 54.4 Å². The monoisotopic (exact) mass is 294 g/mol. The fourth-order valence-corrected chi connectivity index (χ4v) is 1.08. The Labute approximate surface area is 140 Å². The van der Waals surface area contributed by atoms with Gasteiger partial charge in [-0.2, -0.15) is 0 Å². The van der Waals surface area contributed by atoms with Gasteiger partial charge in [-0.3, -0.25) is 4.79 Å². The van der Waals surface area contributed by atoms with E-state index in [2.05, 4.69) is 15.9 Å². The Morgan fingerprint density at radius 3 is 2.27 bits per heavy atom. The maximum atomic E-state index is 10.7. The van der Waals surface area contributed by atoms with E-state index in [1.807, 2.05) is 12.1 Å². The molecular weight excluding hydrogens is 287 g/mol. The van der Waals surface area contributed by atoms with Gasteiger partial charge >= 0.3 is 57.4 Å². The molecule has 0 fully saturated rings. The van der Waals surface area contributed by atoms with Gasteiger partial charge in [0.05, 0.1) is 0 Å². The molecule has 0 aliphatic rings. The van der Waals surface area contributed by atoms with E-state index >= 15 is 0 Å². The van der Waals surface area contributed by atoms with Crippen LogP contribution in [0.1, 0.15) is 6.99 Å². The van der Waals surface area contributed by atoms with Gasteiger partial charge in [0.1, 0.15) is 0 Å². The number of hydrogen-bond acceptors (Lipinski definition) is 2. The molecule has 0 saturated carbocycles. The normalized spacial score (nSPS) is 9.67. The SMILES string of the molecule is O=C(O)C(=O)/C=C/c1ccc(Br)cc1.[H-].[K+]. The molecule has 0 spiro atoms. The molecular formula is C10H8BrKO3. The van der Waals surface area contributed by atoms with Crippen molar-refractivity contribution in [3.63, 3.8) is 0 Å². The minimum atomic E-state index is -1.45. The second-order valence-corrected chi connectivity index (χ2v) is 3.47. The first-order valence-corrected chi connectivity index (χ1v) is 4.60. The molecule has 1 aromatic carbocycles. The first-order valence-electron chi connectivity index (χ1n) is 3.80. The molecule has 0 aliphatic carbocycles. The Morgan fingerprint density at radius 1 is 1.27 bits per heavy atom. The van der Waals surface area contributed by atoms with Crippen molar-refractivity contribution in [1.29, 1.82) is 0 Å². The van der Waals surface area contributed by atoms with Crippen molar-refractivity contribution in [3.8, 4) is 0 Å². The van der Waals surface area contributed by atoms with E-state index in [9.17, 15) is 9.59 Å². The van der Waals surface area contributed by atoms with E-state index in [4.69, 9.17) is 5.11 Å². The van der Waals surface area contributed by atoms with E-state index in [0.29, 0.717) is 0 Å². The maximum absolute atomic E-state index is 10.7. The molecule has 3 nitrogen and oxygen atoms in total. The molecule has 1 aromatic rings. The summed E-state index contributed by atoms with van der Waals surface area (Å²) in [5.41, 5.74) is 0.780. The van der Waals surface area contributed by atoms with Gasteiger partial charge in [0.25, 0.3) is 5.78 Å². The zero-order chi connectivity index (χ0) is 10.6. The molecule has 15 heavy (non-hydrogen) atoms. The Bertz CT molecular complexity index is 390. The first kappa shape index (κ1) is 15.2. The van der Waals surface area contributed by atoms with Crippen LogP contribution in [0.2, 0.25) is 0 Å². The zero-order valence-electron chi connectivity index (χ0n) is 9.11. The van der Waals surface area contributed by atoms with Crippen LogP contribution >= 0.6 is 15.9 Å². The van der Waals surface area contributed by atoms with E-state index in [0.717, 1.165) is 16.1 Å². The molecule has 0 amide bonds. The van der Waals surface area contributed by atoms with Crippen molar-refractivity contribution >= 4 is 33.8 Å². The minimum Gasteiger partial charge on any atom is -1.00 e. The zero-order valence-corrected chi connectivity index (χ0v) is 12.8. The molecule has 0 bridgehead atoms. The van der Waals surface area contributed by atoms with Crippen molar-refractivity contribution in [3.05, 3.63) is 40.4 Å². The van der Waals surface area contributed by atoms with Crippen LogP contribution in [0.15, 0.2) is 34.8 Å². The van der Waals surface area contributed by atoms with Gasteiger partial charge in [0.15, 0.2) is 0 Å². The number of ketones is 1. The van der Waals surface area contributed by atoms with Crippen LogP contribution in [0.3, 0.4) is 0 Å². The van der Waals surface area contributed by atoms with Crippen LogP contribution in [-0.2, 0) is 9.59 Å². The summed E-state index contributed by atoms with van der Waals surface area (Å²) in [6.07, 6.45) is 2.49. The number of carboxylic acid groups (broad SMARTS) is 1. The molecule has 74 valence electrons. The fraction of sp³-hybridized carbons (Fsp3) is 0. The van der Waals surface area contributed by atoms with E-state index in [1.54, 1.807) is 12.1 Å². The first-order chi connectivity index (χ1) is 6.59. The smallest absolute Gasteiger partial charge is 1.00 e. The summed E-state index contributed by atoms with van der Waals surface area (Å²) < 4.78 is 0.930. The Kier molecular flexibility index (Phi) is 7.59. The standard InChI is InChI=1S/C10H7BrO3.K.H/c11-8-4-1-7(2-5-8)3-6-9(12)10(13)14;;/h1-6H,(H,13,14);;/q;+1;-1/b6-3+;;. The molecule has 5 heteroatoms. The van der Waals surface area contributed by atoms with Crippen LogP contribution in [0.25, 0.3) is 6.08 Å². The van der Waals surface area contributed by atoms with Gasteiger partial charge in [0, 0.05) is 4.47 Å². The summed E-state index contributed by atoms with van der Waals surface area (Å²) >= 11 is 3.26. The maximum Gasteiger partial charge on any atom is 1.00 e. The number of halogens is 1. The molecule has 1 N–H and O–H groups in total. The van der Waals surface area contributed by atoms with E-state index in [1.165, 1.54) is 6.08 Å². The third-order valence-corrected chi connectivity index (χ3v) is 2.04. The molecule has 0 saturated heterocycles. The molecule has 0 atom stereocenters. The van der Waals surface area contributed by atoms with Crippen LogP contribution in [0.5, 0.6) is 0 Å².